The lowest BCUT2D eigenvalue weighted by atomic mass is 9.89. The minimum absolute atomic E-state index is 0. The van der Waals surface area contributed by atoms with Gasteiger partial charge in [0.2, 0.25) is 11.8 Å². The van der Waals surface area contributed by atoms with Gasteiger partial charge in [0.1, 0.15) is 6.10 Å². The number of aliphatic imine (C=N–C) groups is 1. The van der Waals surface area contributed by atoms with Crippen molar-refractivity contribution in [3.8, 4) is 5.88 Å². The van der Waals surface area contributed by atoms with Crippen molar-refractivity contribution in [1.82, 2.24) is 20.9 Å². The molecule has 0 unspecified atom stereocenters. The Bertz CT molecular complexity index is 688. The molecule has 1 aromatic rings. The van der Waals surface area contributed by atoms with Gasteiger partial charge in [-0.1, -0.05) is 6.92 Å². The van der Waals surface area contributed by atoms with Gasteiger partial charge in [-0.25, -0.2) is 9.98 Å². The molecule has 8 heteroatoms. The van der Waals surface area contributed by atoms with Crippen molar-refractivity contribution in [2.75, 3.05) is 19.6 Å². The molecule has 0 aromatic carbocycles. The average Bonchev–Trinajstić information content (AvgIpc) is 3.57. The van der Waals surface area contributed by atoms with E-state index in [1.807, 2.05) is 19.1 Å². The Balaban J connectivity index is 0.00000320. The highest BCUT2D eigenvalue weighted by molar-refractivity contribution is 14.0. The van der Waals surface area contributed by atoms with Gasteiger partial charge in [0, 0.05) is 37.8 Å². The molecule has 1 amide bonds. The number of nitrogens with zero attached hydrogens (tertiary/aromatic N) is 2. The summed E-state index contributed by atoms with van der Waals surface area (Å²) in [5, 5.41) is 9.46. The molecule has 2 saturated carbocycles. The second-order valence-electron chi connectivity index (χ2n) is 8.19. The number of rotatable bonds is 9. The molecule has 2 aliphatic rings. The summed E-state index contributed by atoms with van der Waals surface area (Å²) >= 11 is 0. The zero-order chi connectivity index (χ0) is 20.5. The van der Waals surface area contributed by atoms with Crippen LogP contribution in [-0.2, 0) is 11.3 Å². The third-order valence-corrected chi connectivity index (χ3v) is 5.48. The monoisotopic (exact) mass is 529 g/mol. The summed E-state index contributed by atoms with van der Waals surface area (Å²) in [6.07, 6.45) is 8.80. The number of carbonyl (C=O) groups is 1. The van der Waals surface area contributed by atoms with E-state index in [0.29, 0.717) is 25.5 Å². The summed E-state index contributed by atoms with van der Waals surface area (Å²) in [5.41, 5.74) is 1.07. The molecule has 0 bridgehead atoms. The minimum Gasteiger partial charge on any atom is -0.474 e. The quantitative estimate of drug-likeness (QED) is 0.198. The van der Waals surface area contributed by atoms with Crippen LogP contribution in [0.25, 0.3) is 0 Å². The lowest BCUT2D eigenvalue weighted by Gasteiger charge is -2.26. The van der Waals surface area contributed by atoms with Crippen LogP contribution in [-0.4, -0.2) is 42.6 Å². The second-order valence-corrected chi connectivity index (χ2v) is 8.19. The SMILES string of the molecule is CCNC(=NCc1ccnc(OC2CCC(C)CC2)c1)NCCNC(=O)C1CC1.I. The van der Waals surface area contributed by atoms with Gasteiger partial charge >= 0.3 is 0 Å². The fraction of sp³-hybridized carbons (Fsp3) is 0.682. The molecule has 0 radical (unpaired) electrons. The van der Waals surface area contributed by atoms with Crippen molar-refractivity contribution in [3.05, 3.63) is 23.9 Å². The number of halogens is 1. The highest BCUT2D eigenvalue weighted by atomic mass is 127. The van der Waals surface area contributed by atoms with Gasteiger partial charge in [-0.3, -0.25) is 4.79 Å². The van der Waals surface area contributed by atoms with Crippen LogP contribution >= 0.6 is 24.0 Å². The number of pyridine rings is 1. The van der Waals surface area contributed by atoms with Crippen molar-refractivity contribution in [1.29, 1.82) is 0 Å². The van der Waals surface area contributed by atoms with Crippen LogP contribution in [0.4, 0.5) is 0 Å². The zero-order valence-corrected chi connectivity index (χ0v) is 20.5. The van der Waals surface area contributed by atoms with Gasteiger partial charge in [0.15, 0.2) is 5.96 Å². The van der Waals surface area contributed by atoms with Crippen molar-refractivity contribution >= 4 is 35.8 Å². The molecule has 1 heterocycles. The number of carbonyl (C=O) groups excluding carboxylic acids is 1. The Morgan fingerprint density at radius 3 is 2.57 bits per heavy atom. The van der Waals surface area contributed by atoms with Crippen molar-refractivity contribution in [2.24, 2.45) is 16.8 Å². The molecule has 3 N–H and O–H groups in total. The van der Waals surface area contributed by atoms with E-state index in [4.69, 9.17) is 4.74 Å². The highest BCUT2D eigenvalue weighted by Gasteiger charge is 2.29. The molecule has 30 heavy (non-hydrogen) atoms. The number of nitrogens with one attached hydrogen (secondary N) is 3. The number of aromatic nitrogens is 1. The third-order valence-electron chi connectivity index (χ3n) is 5.48. The number of hydrogen-bond donors (Lipinski definition) is 3. The third kappa shape index (κ3) is 8.65. The Morgan fingerprint density at radius 2 is 1.87 bits per heavy atom. The van der Waals surface area contributed by atoms with Gasteiger partial charge in [-0.15, -0.1) is 24.0 Å². The highest BCUT2D eigenvalue weighted by Crippen LogP contribution is 2.28. The maximum atomic E-state index is 11.7. The zero-order valence-electron chi connectivity index (χ0n) is 18.2. The van der Waals surface area contributed by atoms with Crippen LogP contribution in [0.2, 0.25) is 0 Å². The first-order chi connectivity index (χ1) is 14.1. The van der Waals surface area contributed by atoms with E-state index < -0.39 is 0 Å². The molecule has 1 aromatic heterocycles. The van der Waals surface area contributed by atoms with Crippen LogP contribution in [0.1, 0.15) is 57.9 Å². The number of amides is 1. The van der Waals surface area contributed by atoms with E-state index in [0.717, 1.165) is 49.7 Å². The fourth-order valence-electron chi connectivity index (χ4n) is 3.50. The van der Waals surface area contributed by atoms with Crippen LogP contribution in [0.15, 0.2) is 23.3 Å². The largest absolute Gasteiger partial charge is 0.474 e. The number of guanidine groups is 1. The first-order valence-electron chi connectivity index (χ1n) is 11.1. The van der Waals surface area contributed by atoms with E-state index in [9.17, 15) is 4.79 Å². The lowest BCUT2D eigenvalue weighted by molar-refractivity contribution is -0.122. The Kier molecular flexibility index (Phi) is 10.7. The van der Waals surface area contributed by atoms with Crippen molar-refractivity contribution in [3.63, 3.8) is 0 Å². The van der Waals surface area contributed by atoms with Gasteiger partial charge in [0.05, 0.1) is 6.54 Å². The minimum atomic E-state index is 0. The molecule has 0 aliphatic heterocycles. The molecule has 2 fully saturated rings. The van der Waals surface area contributed by atoms with Crippen LogP contribution < -0.4 is 20.7 Å². The number of ether oxygens (including phenoxy) is 1. The first-order valence-corrected chi connectivity index (χ1v) is 11.1. The summed E-state index contributed by atoms with van der Waals surface area (Å²) < 4.78 is 6.09. The van der Waals surface area contributed by atoms with E-state index in [1.54, 1.807) is 6.20 Å². The molecule has 0 atom stereocenters. The molecule has 0 saturated heterocycles. The summed E-state index contributed by atoms with van der Waals surface area (Å²) in [4.78, 5) is 20.7. The number of hydrogen-bond acceptors (Lipinski definition) is 4. The Morgan fingerprint density at radius 1 is 1.13 bits per heavy atom. The summed E-state index contributed by atoms with van der Waals surface area (Å²) in [6, 6.07) is 3.96. The molecule has 2 aliphatic carbocycles. The van der Waals surface area contributed by atoms with E-state index >= 15 is 0 Å². The summed E-state index contributed by atoms with van der Waals surface area (Å²) in [5.74, 6) is 2.66. The lowest BCUT2D eigenvalue weighted by Crippen LogP contribution is -2.41. The van der Waals surface area contributed by atoms with Crippen molar-refractivity contribution in [2.45, 2.75) is 65.0 Å². The van der Waals surface area contributed by atoms with Gasteiger partial charge < -0.3 is 20.7 Å². The first kappa shape index (κ1) is 24.7. The molecule has 168 valence electrons. The van der Waals surface area contributed by atoms with Crippen molar-refractivity contribution < 1.29 is 9.53 Å². The van der Waals surface area contributed by atoms with E-state index in [-0.39, 0.29) is 41.9 Å². The maximum absolute atomic E-state index is 11.7. The van der Waals surface area contributed by atoms with Gasteiger partial charge in [0.25, 0.3) is 0 Å². The van der Waals surface area contributed by atoms with E-state index in [2.05, 4.69) is 32.9 Å². The molecule has 0 spiro atoms. The maximum Gasteiger partial charge on any atom is 0.223 e. The Hall–Kier alpha value is -1.58. The standard InChI is InChI=1S/C22H35N5O2.HI/c1-3-23-22(26-13-12-25-21(28)18-6-7-18)27-15-17-10-11-24-20(14-17)29-19-8-4-16(2)5-9-19;/h10-11,14,16,18-19H,3-9,12-13,15H2,1-2H3,(H,25,28)(H2,23,26,27);1H. The topological polar surface area (TPSA) is 87.6 Å². The second kappa shape index (κ2) is 13.0. The predicted molar refractivity (Wildman–Crippen MR) is 130 cm³/mol. The Labute approximate surface area is 197 Å². The van der Waals surface area contributed by atoms with Crippen LogP contribution in [0.3, 0.4) is 0 Å². The van der Waals surface area contributed by atoms with Crippen LogP contribution in [0.5, 0.6) is 5.88 Å². The molecular weight excluding hydrogens is 493 g/mol. The fourth-order valence-corrected chi connectivity index (χ4v) is 3.50. The average molecular weight is 529 g/mol. The van der Waals surface area contributed by atoms with Gasteiger partial charge in [-0.05, 0) is 63.0 Å². The molecular formula is C22H36IN5O2. The van der Waals surface area contributed by atoms with Gasteiger partial charge in [-0.2, -0.15) is 0 Å². The molecule has 3 rings (SSSR count). The predicted octanol–water partition coefficient (Wildman–Crippen LogP) is 3.24. The normalized spacial score (nSPS) is 21.3. The van der Waals surface area contributed by atoms with Crippen LogP contribution in [0, 0.1) is 11.8 Å². The summed E-state index contributed by atoms with van der Waals surface area (Å²) in [6.45, 7) is 6.93. The smallest absolute Gasteiger partial charge is 0.223 e. The summed E-state index contributed by atoms with van der Waals surface area (Å²) in [7, 11) is 0. The van der Waals surface area contributed by atoms with E-state index in [1.165, 1.54) is 12.8 Å². The molecule has 7 nitrogen and oxygen atoms in total.